The van der Waals surface area contributed by atoms with E-state index in [0.29, 0.717) is 35.7 Å². The van der Waals surface area contributed by atoms with E-state index in [1.165, 1.54) is 24.5 Å². The molecule has 0 radical (unpaired) electrons. The summed E-state index contributed by atoms with van der Waals surface area (Å²) in [6, 6.07) is 7.95. The number of alkyl halides is 3. The number of pyridine rings is 1. The van der Waals surface area contributed by atoms with Crippen molar-refractivity contribution in [3.8, 4) is 11.1 Å². The van der Waals surface area contributed by atoms with Gasteiger partial charge in [-0.3, -0.25) is 14.6 Å². The highest BCUT2D eigenvalue weighted by atomic mass is 19.4. The number of halogens is 4. The molecule has 1 aliphatic carbocycles. The number of benzene rings is 2. The van der Waals surface area contributed by atoms with Gasteiger partial charge in [-0.1, -0.05) is 25.0 Å². The number of anilines is 1. The fourth-order valence-electron chi connectivity index (χ4n) is 4.26. The molecule has 2 atom stereocenters. The van der Waals surface area contributed by atoms with Gasteiger partial charge in [0.1, 0.15) is 5.82 Å². The van der Waals surface area contributed by atoms with Gasteiger partial charge >= 0.3 is 6.18 Å². The molecule has 10 heteroatoms. The van der Waals surface area contributed by atoms with E-state index >= 15 is 0 Å². The molecule has 2 aromatic carbocycles. The molecule has 2 amide bonds. The molecule has 0 spiro atoms. The summed E-state index contributed by atoms with van der Waals surface area (Å²) in [5.41, 5.74) is 0.292. The van der Waals surface area contributed by atoms with E-state index in [0.717, 1.165) is 25.0 Å². The minimum atomic E-state index is -4.68. The molecular weight excluding hydrogens is 490 g/mol. The number of carbonyl (C=O) groups is 2. The van der Waals surface area contributed by atoms with Crippen LogP contribution < -0.4 is 10.6 Å². The zero-order valence-corrected chi connectivity index (χ0v) is 19.9. The van der Waals surface area contributed by atoms with Gasteiger partial charge in [-0.2, -0.15) is 13.2 Å². The fourth-order valence-corrected chi connectivity index (χ4v) is 4.26. The maximum atomic E-state index is 14.4. The highest BCUT2D eigenvalue weighted by molar-refractivity contribution is 6.06. The molecule has 6 nitrogen and oxygen atoms in total. The maximum Gasteiger partial charge on any atom is 0.416 e. The van der Waals surface area contributed by atoms with Gasteiger partial charge in [-0.05, 0) is 55.7 Å². The monoisotopic (exact) mass is 515 g/mol. The van der Waals surface area contributed by atoms with E-state index in [1.54, 1.807) is 19.1 Å². The zero-order valence-electron chi connectivity index (χ0n) is 19.9. The van der Waals surface area contributed by atoms with Crippen LogP contribution in [0.15, 0.2) is 54.9 Å². The average molecular weight is 516 g/mol. The van der Waals surface area contributed by atoms with E-state index in [4.69, 9.17) is 0 Å². The predicted octanol–water partition coefficient (Wildman–Crippen LogP) is 5.50. The first kappa shape index (κ1) is 26.3. The van der Waals surface area contributed by atoms with Crippen LogP contribution in [-0.4, -0.2) is 34.1 Å². The molecule has 0 aliphatic heterocycles. The molecule has 1 fully saturated rings. The number of rotatable bonds is 5. The Morgan fingerprint density at radius 3 is 2.43 bits per heavy atom. The largest absolute Gasteiger partial charge is 0.416 e. The lowest BCUT2D eigenvalue weighted by Gasteiger charge is -2.28. The summed E-state index contributed by atoms with van der Waals surface area (Å²) in [5.74, 6) is -2.06. The third-order valence-electron chi connectivity index (χ3n) is 6.40. The van der Waals surface area contributed by atoms with Crippen LogP contribution in [0.25, 0.3) is 11.1 Å². The van der Waals surface area contributed by atoms with Gasteiger partial charge < -0.3 is 15.7 Å². The second kappa shape index (κ2) is 10.7. The number of hydrogen-bond donors (Lipinski definition) is 3. The third-order valence-corrected chi connectivity index (χ3v) is 6.40. The fraction of sp³-hybridized carbons (Fsp3) is 0.296. The van der Waals surface area contributed by atoms with Gasteiger partial charge in [-0.15, -0.1) is 0 Å². The van der Waals surface area contributed by atoms with Crippen LogP contribution in [0.5, 0.6) is 0 Å². The van der Waals surface area contributed by atoms with E-state index < -0.39 is 29.6 Å². The lowest BCUT2D eigenvalue weighted by molar-refractivity contribution is -0.137. The van der Waals surface area contributed by atoms with Crippen LogP contribution in [0.2, 0.25) is 0 Å². The predicted molar refractivity (Wildman–Crippen MR) is 129 cm³/mol. The minimum Gasteiger partial charge on any atom is -0.391 e. The number of aryl methyl sites for hydroxylation is 1. The molecule has 0 saturated heterocycles. The van der Waals surface area contributed by atoms with Gasteiger partial charge in [0, 0.05) is 34.8 Å². The Bertz CT molecular complexity index is 1330. The van der Waals surface area contributed by atoms with Crippen molar-refractivity contribution in [1.82, 2.24) is 10.3 Å². The lowest BCUT2D eigenvalue weighted by Crippen LogP contribution is -2.45. The number of aliphatic hydroxyl groups is 1. The van der Waals surface area contributed by atoms with Crippen LogP contribution in [-0.2, 0) is 6.18 Å². The summed E-state index contributed by atoms with van der Waals surface area (Å²) in [4.78, 5) is 29.6. The number of carbonyl (C=O) groups excluding carboxylic acids is 2. The Kier molecular flexibility index (Phi) is 7.58. The summed E-state index contributed by atoms with van der Waals surface area (Å²) in [6.45, 7) is 1.74. The van der Waals surface area contributed by atoms with Crippen molar-refractivity contribution in [3.63, 3.8) is 0 Å². The Hall–Kier alpha value is -3.79. The molecule has 3 N–H and O–H groups in total. The van der Waals surface area contributed by atoms with Crippen LogP contribution in [0.3, 0.4) is 0 Å². The van der Waals surface area contributed by atoms with Crippen molar-refractivity contribution in [2.24, 2.45) is 0 Å². The van der Waals surface area contributed by atoms with Crippen molar-refractivity contribution < 1.29 is 32.3 Å². The molecule has 0 bridgehead atoms. The van der Waals surface area contributed by atoms with Crippen LogP contribution in [0.1, 0.15) is 57.5 Å². The third kappa shape index (κ3) is 6.14. The van der Waals surface area contributed by atoms with Gasteiger partial charge in [0.05, 0.1) is 23.3 Å². The molecule has 1 saturated carbocycles. The zero-order chi connectivity index (χ0) is 26.7. The Balaban J connectivity index is 1.52. The normalized spacial score (nSPS) is 17.8. The second-order valence-corrected chi connectivity index (χ2v) is 9.07. The molecule has 1 aliphatic rings. The molecule has 4 rings (SSSR count). The molecular formula is C27H25F4N3O3. The van der Waals surface area contributed by atoms with Crippen molar-refractivity contribution in [2.45, 2.75) is 50.9 Å². The van der Waals surface area contributed by atoms with Gasteiger partial charge in [0.25, 0.3) is 11.8 Å². The lowest BCUT2D eigenvalue weighted by atomic mass is 9.92. The highest BCUT2D eigenvalue weighted by Gasteiger charge is 2.31. The minimum absolute atomic E-state index is 0.0522. The molecule has 3 aromatic rings. The molecule has 1 heterocycles. The smallest absolute Gasteiger partial charge is 0.391 e. The number of nitrogens with zero attached hydrogens (tertiary/aromatic N) is 1. The van der Waals surface area contributed by atoms with Crippen molar-refractivity contribution in [2.75, 3.05) is 5.32 Å². The number of hydrogen-bond acceptors (Lipinski definition) is 4. The van der Waals surface area contributed by atoms with Crippen LogP contribution >= 0.6 is 0 Å². The first-order valence-electron chi connectivity index (χ1n) is 11.8. The number of nitrogens with one attached hydrogen (secondary N) is 2. The highest BCUT2D eigenvalue weighted by Crippen LogP contribution is 2.33. The van der Waals surface area contributed by atoms with E-state index in [2.05, 4.69) is 15.6 Å². The SMILES string of the molecule is Cc1ccc(C(=O)N[C@H]2CCCC[C@@H]2O)cc1NC(=O)c1cncc(-c2ccc(C(F)(F)F)cc2F)c1. The van der Waals surface area contributed by atoms with Crippen molar-refractivity contribution >= 4 is 17.5 Å². The van der Waals surface area contributed by atoms with Crippen LogP contribution in [0, 0.1) is 12.7 Å². The van der Waals surface area contributed by atoms with Gasteiger partial charge in [0.2, 0.25) is 0 Å². The van der Waals surface area contributed by atoms with Gasteiger partial charge in [0.15, 0.2) is 0 Å². The number of amides is 2. The quantitative estimate of drug-likeness (QED) is 0.392. The molecule has 37 heavy (non-hydrogen) atoms. The summed E-state index contributed by atoms with van der Waals surface area (Å²) >= 11 is 0. The van der Waals surface area contributed by atoms with Crippen LogP contribution in [0.4, 0.5) is 23.2 Å². The standard InChI is InChI=1S/C27H25F4N3O3/c1-15-6-7-16(25(36)33-22-4-2-3-5-24(22)35)11-23(15)34-26(37)18-10-17(13-32-14-18)20-9-8-19(12-21(20)28)27(29,30)31/h6-14,22,24,35H,2-5H2,1H3,(H,33,36)(H,34,37)/t22-,24-/m0/s1. The summed E-state index contributed by atoms with van der Waals surface area (Å²) in [6.07, 6.45) is 0.358. The van der Waals surface area contributed by atoms with Crippen molar-refractivity contribution in [1.29, 1.82) is 0 Å². The maximum absolute atomic E-state index is 14.4. The summed E-state index contributed by atoms with van der Waals surface area (Å²) < 4.78 is 53.0. The summed E-state index contributed by atoms with van der Waals surface area (Å²) in [7, 11) is 0. The number of aliphatic hydroxyl groups excluding tert-OH is 1. The van der Waals surface area contributed by atoms with E-state index in [1.807, 2.05) is 0 Å². The van der Waals surface area contributed by atoms with Crippen molar-refractivity contribution in [3.05, 3.63) is 82.9 Å². The topological polar surface area (TPSA) is 91.3 Å². The Labute approximate surface area is 210 Å². The van der Waals surface area contributed by atoms with Gasteiger partial charge in [-0.25, -0.2) is 4.39 Å². The first-order valence-corrected chi connectivity index (χ1v) is 11.8. The Morgan fingerprint density at radius 2 is 1.73 bits per heavy atom. The average Bonchev–Trinajstić information content (AvgIpc) is 2.86. The van der Waals surface area contributed by atoms with E-state index in [9.17, 15) is 32.3 Å². The molecule has 1 aromatic heterocycles. The second-order valence-electron chi connectivity index (χ2n) is 9.07. The van der Waals surface area contributed by atoms with E-state index in [-0.39, 0.29) is 28.6 Å². The molecule has 0 unspecified atom stereocenters. The molecule has 194 valence electrons. The summed E-state index contributed by atoms with van der Waals surface area (Å²) in [5, 5.41) is 15.7. The Morgan fingerprint density at radius 1 is 0.973 bits per heavy atom. The first-order chi connectivity index (χ1) is 17.5. The number of aromatic nitrogens is 1.